The van der Waals surface area contributed by atoms with Crippen LogP contribution >= 0.6 is 0 Å². The van der Waals surface area contributed by atoms with Crippen molar-refractivity contribution in [3.8, 4) is 0 Å². The van der Waals surface area contributed by atoms with E-state index in [-0.39, 0.29) is 24.0 Å². The second-order valence-electron chi connectivity index (χ2n) is 6.96. The number of carbonyl (C=O) groups excluding carboxylic acids is 2. The highest BCUT2D eigenvalue weighted by molar-refractivity contribution is 6.05. The summed E-state index contributed by atoms with van der Waals surface area (Å²) in [5, 5.41) is 5.86. The molecule has 2 N–H and O–H groups in total. The third-order valence-electron chi connectivity index (χ3n) is 4.69. The monoisotopic (exact) mass is 345 g/mol. The molecule has 0 aliphatic carbocycles. The number of amides is 2. The van der Waals surface area contributed by atoms with Crippen LogP contribution in [0.5, 0.6) is 0 Å². The molecule has 1 aromatic rings. The van der Waals surface area contributed by atoms with Crippen molar-refractivity contribution in [2.45, 2.75) is 51.7 Å². The first kappa shape index (κ1) is 17.7. The zero-order valence-corrected chi connectivity index (χ0v) is 15.0. The fraction of sp³-hybridized carbons (Fsp3) is 0.579. The van der Waals surface area contributed by atoms with Crippen LogP contribution < -0.4 is 15.5 Å². The van der Waals surface area contributed by atoms with Gasteiger partial charge < -0.3 is 20.3 Å². The maximum absolute atomic E-state index is 12.3. The summed E-state index contributed by atoms with van der Waals surface area (Å²) >= 11 is 0. The smallest absolute Gasteiger partial charge is 0.251 e. The van der Waals surface area contributed by atoms with E-state index in [1.165, 1.54) is 0 Å². The van der Waals surface area contributed by atoms with Crippen LogP contribution in [0.2, 0.25) is 0 Å². The first-order chi connectivity index (χ1) is 12.1. The van der Waals surface area contributed by atoms with Gasteiger partial charge in [0.1, 0.15) is 6.04 Å². The molecule has 2 heterocycles. The summed E-state index contributed by atoms with van der Waals surface area (Å²) < 4.78 is 5.46. The molecular formula is C19H27N3O3. The zero-order valence-electron chi connectivity index (χ0n) is 15.0. The van der Waals surface area contributed by atoms with Crippen LogP contribution in [0.1, 0.15) is 49.9 Å². The van der Waals surface area contributed by atoms with Gasteiger partial charge in [-0.25, -0.2) is 0 Å². The largest absolute Gasteiger partial charge is 0.379 e. The van der Waals surface area contributed by atoms with Crippen LogP contribution in [0.15, 0.2) is 18.2 Å². The van der Waals surface area contributed by atoms with Crippen molar-refractivity contribution in [1.82, 2.24) is 5.32 Å². The van der Waals surface area contributed by atoms with Crippen molar-refractivity contribution in [3.63, 3.8) is 0 Å². The fourth-order valence-electron chi connectivity index (χ4n) is 3.43. The third-order valence-corrected chi connectivity index (χ3v) is 4.69. The van der Waals surface area contributed by atoms with Gasteiger partial charge in [-0.15, -0.1) is 0 Å². The molecule has 136 valence electrons. The van der Waals surface area contributed by atoms with E-state index in [0.29, 0.717) is 18.7 Å². The summed E-state index contributed by atoms with van der Waals surface area (Å²) in [7, 11) is 0. The quantitative estimate of drug-likeness (QED) is 0.778. The Balaban J connectivity index is 1.62. The van der Waals surface area contributed by atoms with E-state index in [1.807, 2.05) is 26.0 Å². The van der Waals surface area contributed by atoms with Gasteiger partial charge in [0.2, 0.25) is 5.91 Å². The molecule has 3 rings (SSSR count). The Hall–Kier alpha value is -2.08. The molecule has 1 aromatic carbocycles. The molecule has 0 saturated carbocycles. The van der Waals surface area contributed by atoms with E-state index in [2.05, 4.69) is 15.5 Å². The Bertz CT molecular complexity index is 645. The normalized spacial score (nSPS) is 19.2. The van der Waals surface area contributed by atoms with E-state index in [1.54, 1.807) is 6.07 Å². The second kappa shape index (κ2) is 7.87. The number of anilines is 2. The molecule has 0 aromatic heterocycles. The Morgan fingerprint density at radius 3 is 3.04 bits per heavy atom. The summed E-state index contributed by atoms with van der Waals surface area (Å²) in [6, 6.07) is 5.49. The molecule has 2 aliphatic heterocycles. The van der Waals surface area contributed by atoms with Gasteiger partial charge >= 0.3 is 0 Å². The number of nitrogens with one attached hydrogen (secondary N) is 2. The molecule has 1 atom stereocenters. The average Bonchev–Trinajstić information content (AvgIpc) is 2.61. The first-order valence-electron chi connectivity index (χ1n) is 9.17. The highest BCUT2D eigenvalue weighted by Crippen LogP contribution is 2.36. The minimum atomic E-state index is -0.123. The Labute approximate surface area is 148 Å². The minimum absolute atomic E-state index is 0.0376. The molecule has 6 nitrogen and oxygen atoms in total. The number of fused-ring (bicyclic) bond motifs is 3. The molecule has 6 heteroatoms. The predicted molar refractivity (Wildman–Crippen MR) is 98.1 cm³/mol. The zero-order chi connectivity index (χ0) is 17.8. The van der Waals surface area contributed by atoms with Crippen LogP contribution in [0.4, 0.5) is 11.4 Å². The minimum Gasteiger partial charge on any atom is -0.379 e. The van der Waals surface area contributed by atoms with Gasteiger partial charge in [-0.2, -0.15) is 0 Å². The highest BCUT2D eigenvalue weighted by atomic mass is 16.5. The van der Waals surface area contributed by atoms with Crippen molar-refractivity contribution in [2.75, 3.05) is 29.9 Å². The second-order valence-corrected chi connectivity index (χ2v) is 6.96. The topological polar surface area (TPSA) is 70.7 Å². The third kappa shape index (κ3) is 4.12. The van der Waals surface area contributed by atoms with Gasteiger partial charge in [-0.1, -0.05) is 0 Å². The van der Waals surface area contributed by atoms with E-state index >= 15 is 0 Å². The van der Waals surface area contributed by atoms with Crippen LogP contribution in [-0.4, -0.2) is 43.7 Å². The molecule has 2 aliphatic rings. The number of carbonyl (C=O) groups is 2. The van der Waals surface area contributed by atoms with Gasteiger partial charge in [-0.3, -0.25) is 9.59 Å². The van der Waals surface area contributed by atoms with Crippen LogP contribution in [0.3, 0.4) is 0 Å². The van der Waals surface area contributed by atoms with Gasteiger partial charge in [0.15, 0.2) is 0 Å². The highest BCUT2D eigenvalue weighted by Gasteiger charge is 2.34. The molecule has 1 saturated heterocycles. The van der Waals surface area contributed by atoms with Crippen LogP contribution in [-0.2, 0) is 9.53 Å². The number of hydrogen-bond donors (Lipinski definition) is 2. The van der Waals surface area contributed by atoms with Gasteiger partial charge in [0, 0.05) is 25.3 Å². The molecule has 2 amide bonds. The summed E-state index contributed by atoms with van der Waals surface area (Å²) in [6.07, 6.45) is 4.07. The summed E-state index contributed by atoms with van der Waals surface area (Å²) in [4.78, 5) is 26.8. The maximum Gasteiger partial charge on any atom is 0.251 e. The van der Waals surface area contributed by atoms with Crippen molar-refractivity contribution < 1.29 is 14.3 Å². The number of piperidine rings is 1. The van der Waals surface area contributed by atoms with Gasteiger partial charge in [-0.05, 0) is 57.7 Å². The lowest BCUT2D eigenvalue weighted by Crippen LogP contribution is -2.50. The molecule has 0 radical (unpaired) electrons. The van der Waals surface area contributed by atoms with Crippen LogP contribution in [0, 0.1) is 0 Å². The molecule has 0 spiro atoms. The SMILES string of the molecule is CC(C)OCCCNC(=O)c1ccc2c(c1)NC(=O)[C@H]1CCCCN21. The molecular weight excluding hydrogens is 318 g/mol. The van der Waals surface area contributed by atoms with E-state index < -0.39 is 0 Å². The lowest BCUT2D eigenvalue weighted by molar-refractivity contribution is -0.118. The Morgan fingerprint density at radius 1 is 1.40 bits per heavy atom. The average molecular weight is 345 g/mol. The molecule has 0 bridgehead atoms. The summed E-state index contributed by atoms with van der Waals surface area (Å²) in [6.45, 7) is 6.09. The van der Waals surface area contributed by atoms with Crippen molar-refractivity contribution in [2.24, 2.45) is 0 Å². The number of rotatable bonds is 6. The van der Waals surface area contributed by atoms with Crippen molar-refractivity contribution in [1.29, 1.82) is 0 Å². The van der Waals surface area contributed by atoms with E-state index in [4.69, 9.17) is 4.74 Å². The predicted octanol–water partition coefficient (Wildman–Crippen LogP) is 2.54. The number of ether oxygens (including phenoxy) is 1. The lowest BCUT2D eigenvalue weighted by atomic mass is 9.97. The first-order valence-corrected chi connectivity index (χ1v) is 9.17. The number of nitrogens with zero attached hydrogens (tertiary/aromatic N) is 1. The van der Waals surface area contributed by atoms with Crippen molar-refractivity contribution >= 4 is 23.2 Å². The molecule has 1 fully saturated rings. The van der Waals surface area contributed by atoms with Gasteiger partial charge in [0.05, 0.1) is 17.5 Å². The van der Waals surface area contributed by atoms with E-state index in [9.17, 15) is 9.59 Å². The number of hydrogen-bond acceptors (Lipinski definition) is 4. The Kier molecular flexibility index (Phi) is 5.58. The van der Waals surface area contributed by atoms with Gasteiger partial charge in [0.25, 0.3) is 5.91 Å². The van der Waals surface area contributed by atoms with Crippen molar-refractivity contribution in [3.05, 3.63) is 23.8 Å². The van der Waals surface area contributed by atoms with E-state index in [0.717, 1.165) is 43.6 Å². The maximum atomic E-state index is 12.3. The summed E-state index contributed by atoms with van der Waals surface area (Å²) in [5.74, 6) is -0.0852. The lowest BCUT2D eigenvalue weighted by Gasteiger charge is -2.41. The number of benzene rings is 1. The Morgan fingerprint density at radius 2 is 2.24 bits per heavy atom. The van der Waals surface area contributed by atoms with Crippen LogP contribution in [0.25, 0.3) is 0 Å². The fourth-order valence-corrected chi connectivity index (χ4v) is 3.43. The summed E-state index contributed by atoms with van der Waals surface area (Å²) in [5.41, 5.74) is 2.32. The molecule has 25 heavy (non-hydrogen) atoms. The molecule has 0 unspecified atom stereocenters. The standard InChI is InChI=1S/C19H27N3O3/c1-13(2)25-11-5-9-20-18(23)14-7-8-16-15(12-14)21-19(24)17-6-3-4-10-22(16)17/h7-8,12-13,17H,3-6,9-11H2,1-2H3,(H,20,23)(H,21,24)/t17-/m1/s1.